The van der Waals surface area contributed by atoms with Gasteiger partial charge in [-0.05, 0) is 35.9 Å². The summed E-state index contributed by atoms with van der Waals surface area (Å²) in [6.45, 7) is 0.519. The first-order chi connectivity index (χ1) is 13.8. The summed E-state index contributed by atoms with van der Waals surface area (Å²) >= 11 is 0. The number of pyridine rings is 2. The second kappa shape index (κ2) is 8.31. The molecule has 2 aromatic heterocycles. The molecule has 138 valence electrons. The summed E-state index contributed by atoms with van der Waals surface area (Å²) in [5.74, 6) is 0.485. The summed E-state index contributed by atoms with van der Waals surface area (Å²) in [5, 5.41) is 3.38. The van der Waals surface area contributed by atoms with Crippen molar-refractivity contribution in [2.24, 2.45) is 10.7 Å². The fourth-order valence-electron chi connectivity index (χ4n) is 2.99. The Labute approximate surface area is 164 Å². The Hall–Kier alpha value is -3.73. The highest BCUT2D eigenvalue weighted by Crippen LogP contribution is 2.19. The zero-order valence-electron chi connectivity index (χ0n) is 15.4. The van der Waals surface area contributed by atoms with Gasteiger partial charge in [0.2, 0.25) is 0 Å². The van der Waals surface area contributed by atoms with Crippen molar-refractivity contribution in [1.82, 2.24) is 15.3 Å². The van der Waals surface area contributed by atoms with Gasteiger partial charge < -0.3 is 11.1 Å². The lowest BCUT2D eigenvalue weighted by Crippen LogP contribution is -2.31. The summed E-state index contributed by atoms with van der Waals surface area (Å²) in [4.78, 5) is 13.3. The minimum absolute atomic E-state index is 0.00685. The van der Waals surface area contributed by atoms with Crippen LogP contribution in [-0.4, -0.2) is 15.8 Å². The number of aromatic nitrogens is 2. The van der Waals surface area contributed by atoms with Crippen molar-refractivity contribution >= 4 is 5.84 Å². The molecule has 5 nitrogen and oxygen atoms in total. The number of nitrogens with two attached hydrogens (primary N) is 1. The topological polar surface area (TPSA) is 76.2 Å². The summed E-state index contributed by atoms with van der Waals surface area (Å²) in [6.07, 6.45) is 9.55. The number of dihydropyridines is 1. The molecule has 1 aliphatic rings. The molecule has 0 spiro atoms. The summed E-state index contributed by atoms with van der Waals surface area (Å²) in [7, 11) is 0. The SMILES string of the molecule is NC(=NCc1ccc(-c2ccccn2)cc1)C1=CC=CC(c2ccccn2)N1. The van der Waals surface area contributed by atoms with Crippen molar-refractivity contribution in [3.63, 3.8) is 0 Å². The molecular weight excluding hydrogens is 346 g/mol. The van der Waals surface area contributed by atoms with Crippen molar-refractivity contribution in [3.8, 4) is 11.3 Å². The normalized spacial score (nSPS) is 16.4. The van der Waals surface area contributed by atoms with E-state index in [0.29, 0.717) is 12.4 Å². The van der Waals surface area contributed by atoms with Gasteiger partial charge in [-0.25, -0.2) is 0 Å². The molecule has 3 aromatic rings. The third-order valence-corrected chi connectivity index (χ3v) is 4.51. The van der Waals surface area contributed by atoms with Gasteiger partial charge >= 0.3 is 0 Å². The van der Waals surface area contributed by atoms with Crippen LogP contribution >= 0.6 is 0 Å². The molecule has 1 aliphatic heterocycles. The van der Waals surface area contributed by atoms with E-state index < -0.39 is 0 Å². The van der Waals surface area contributed by atoms with E-state index in [-0.39, 0.29) is 6.04 Å². The molecule has 1 aromatic carbocycles. The number of hydrogen-bond acceptors (Lipinski definition) is 4. The van der Waals surface area contributed by atoms with E-state index in [0.717, 1.165) is 28.2 Å². The number of aliphatic imine (C=N–C) groups is 1. The Morgan fingerprint density at radius 2 is 1.75 bits per heavy atom. The Bertz CT molecular complexity index is 1010. The zero-order chi connectivity index (χ0) is 19.2. The molecule has 0 fully saturated rings. The van der Waals surface area contributed by atoms with Crippen LogP contribution in [0.25, 0.3) is 11.3 Å². The monoisotopic (exact) mass is 367 g/mol. The molecule has 28 heavy (non-hydrogen) atoms. The molecule has 0 saturated heterocycles. The molecule has 0 radical (unpaired) electrons. The van der Waals surface area contributed by atoms with Crippen LogP contribution in [0.2, 0.25) is 0 Å². The number of nitrogens with one attached hydrogen (secondary N) is 1. The Morgan fingerprint density at radius 1 is 0.964 bits per heavy atom. The van der Waals surface area contributed by atoms with Gasteiger partial charge in [-0.15, -0.1) is 0 Å². The quantitative estimate of drug-likeness (QED) is 0.531. The summed E-state index contributed by atoms with van der Waals surface area (Å²) < 4.78 is 0. The second-order valence-corrected chi connectivity index (χ2v) is 6.46. The summed E-state index contributed by atoms with van der Waals surface area (Å²) in [6, 6.07) is 20.0. The first-order valence-corrected chi connectivity index (χ1v) is 9.16. The van der Waals surface area contributed by atoms with Gasteiger partial charge in [0.1, 0.15) is 5.84 Å². The van der Waals surface area contributed by atoms with Gasteiger partial charge in [-0.2, -0.15) is 0 Å². The second-order valence-electron chi connectivity index (χ2n) is 6.46. The molecule has 5 heteroatoms. The minimum Gasteiger partial charge on any atom is -0.382 e. The fraction of sp³-hybridized carbons (Fsp3) is 0.0870. The highest BCUT2D eigenvalue weighted by Gasteiger charge is 2.15. The minimum atomic E-state index is -0.00685. The number of benzene rings is 1. The van der Waals surface area contributed by atoms with Gasteiger partial charge in [0, 0.05) is 18.0 Å². The Balaban J connectivity index is 1.42. The predicted octanol–water partition coefficient (Wildman–Crippen LogP) is 3.79. The van der Waals surface area contributed by atoms with Gasteiger partial charge in [0.05, 0.1) is 29.7 Å². The molecule has 1 atom stereocenters. The van der Waals surface area contributed by atoms with E-state index >= 15 is 0 Å². The number of nitrogens with zero attached hydrogens (tertiary/aromatic N) is 3. The van der Waals surface area contributed by atoms with Crippen LogP contribution in [0.4, 0.5) is 0 Å². The smallest absolute Gasteiger partial charge is 0.142 e. The van der Waals surface area contributed by atoms with Crippen molar-refractivity contribution in [3.05, 3.63) is 108 Å². The molecule has 0 amide bonds. The van der Waals surface area contributed by atoms with Gasteiger partial charge in [-0.3, -0.25) is 15.0 Å². The van der Waals surface area contributed by atoms with Crippen LogP contribution < -0.4 is 11.1 Å². The van der Waals surface area contributed by atoms with Crippen LogP contribution in [-0.2, 0) is 6.54 Å². The Morgan fingerprint density at radius 3 is 2.46 bits per heavy atom. The van der Waals surface area contributed by atoms with E-state index in [1.54, 1.807) is 12.4 Å². The average Bonchev–Trinajstić information content (AvgIpc) is 2.79. The molecule has 3 heterocycles. The molecule has 0 saturated carbocycles. The number of rotatable bonds is 5. The fourth-order valence-corrected chi connectivity index (χ4v) is 2.99. The highest BCUT2D eigenvalue weighted by atomic mass is 15.0. The number of hydrogen-bond donors (Lipinski definition) is 2. The number of allylic oxidation sites excluding steroid dienone is 2. The van der Waals surface area contributed by atoms with Crippen LogP contribution in [0, 0.1) is 0 Å². The van der Waals surface area contributed by atoms with Crippen LogP contribution in [0.5, 0.6) is 0 Å². The molecule has 4 rings (SSSR count). The average molecular weight is 367 g/mol. The van der Waals surface area contributed by atoms with Crippen molar-refractivity contribution in [2.45, 2.75) is 12.6 Å². The van der Waals surface area contributed by atoms with E-state index in [4.69, 9.17) is 5.73 Å². The van der Waals surface area contributed by atoms with Gasteiger partial charge in [0.15, 0.2) is 0 Å². The van der Waals surface area contributed by atoms with E-state index in [2.05, 4.69) is 50.6 Å². The molecule has 0 aliphatic carbocycles. The first-order valence-electron chi connectivity index (χ1n) is 9.16. The first kappa shape index (κ1) is 17.7. The third-order valence-electron chi connectivity index (χ3n) is 4.51. The van der Waals surface area contributed by atoms with Crippen LogP contribution in [0.3, 0.4) is 0 Å². The molecule has 0 bridgehead atoms. The maximum Gasteiger partial charge on any atom is 0.142 e. The van der Waals surface area contributed by atoms with E-state index in [9.17, 15) is 0 Å². The lowest BCUT2D eigenvalue weighted by molar-refractivity contribution is 0.702. The molecule has 3 N–H and O–H groups in total. The standard InChI is InChI=1S/C23H21N5/c24-23(22-9-5-8-21(28-22)20-7-2-4-15-26-20)27-16-17-10-12-18(13-11-17)19-6-1-3-14-25-19/h1-15,21,28H,16H2,(H2,24,27). The van der Waals surface area contributed by atoms with Gasteiger partial charge in [0.25, 0.3) is 0 Å². The zero-order valence-corrected chi connectivity index (χ0v) is 15.4. The van der Waals surface area contributed by atoms with Crippen molar-refractivity contribution in [1.29, 1.82) is 0 Å². The lowest BCUT2D eigenvalue weighted by atomic mass is 10.1. The maximum atomic E-state index is 6.21. The van der Waals surface area contributed by atoms with Crippen LogP contribution in [0.1, 0.15) is 17.3 Å². The molecular formula is C23H21N5. The predicted molar refractivity (Wildman–Crippen MR) is 112 cm³/mol. The van der Waals surface area contributed by atoms with Crippen molar-refractivity contribution < 1.29 is 0 Å². The van der Waals surface area contributed by atoms with Gasteiger partial charge in [-0.1, -0.05) is 48.6 Å². The Kier molecular flexibility index (Phi) is 5.24. The highest BCUT2D eigenvalue weighted by molar-refractivity contribution is 5.97. The van der Waals surface area contributed by atoms with E-state index in [1.807, 2.05) is 48.6 Å². The van der Waals surface area contributed by atoms with Crippen LogP contribution in [0.15, 0.2) is 102 Å². The maximum absolute atomic E-state index is 6.21. The molecule has 1 unspecified atom stereocenters. The van der Waals surface area contributed by atoms with E-state index in [1.165, 1.54) is 0 Å². The third kappa shape index (κ3) is 4.15. The summed E-state index contributed by atoms with van der Waals surface area (Å²) in [5.41, 5.74) is 11.1. The largest absolute Gasteiger partial charge is 0.382 e. The van der Waals surface area contributed by atoms with Crippen molar-refractivity contribution in [2.75, 3.05) is 0 Å². The number of amidine groups is 1. The lowest BCUT2D eigenvalue weighted by Gasteiger charge is -2.21.